The Morgan fingerprint density at radius 3 is 2.34 bits per heavy atom. The summed E-state index contributed by atoms with van der Waals surface area (Å²) in [6.45, 7) is 5.28. The van der Waals surface area contributed by atoms with Gasteiger partial charge in [-0.2, -0.15) is 0 Å². The number of aryl methyl sites for hydroxylation is 1. The first-order valence-electron chi connectivity index (χ1n) is 10.4. The second-order valence-corrected chi connectivity index (χ2v) is 7.90. The first-order valence-corrected chi connectivity index (χ1v) is 10.4. The van der Waals surface area contributed by atoms with Gasteiger partial charge in [0, 0.05) is 36.6 Å². The molecular formula is C26H29N3. The highest BCUT2D eigenvalue weighted by Gasteiger charge is 2.20. The van der Waals surface area contributed by atoms with Gasteiger partial charge >= 0.3 is 0 Å². The van der Waals surface area contributed by atoms with Crippen LogP contribution in [0.25, 0.3) is 0 Å². The molecule has 0 spiro atoms. The van der Waals surface area contributed by atoms with Gasteiger partial charge in [-0.1, -0.05) is 78.4 Å². The van der Waals surface area contributed by atoms with E-state index in [0.29, 0.717) is 0 Å². The molecule has 1 heterocycles. The molecule has 0 amide bonds. The molecule has 2 N–H and O–H groups in total. The number of anilines is 1. The average molecular weight is 384 g/mol. The standard InChI is InChI=1S/C26H29N3/c1-20-8-7-9-21(18-20)19-29-16-14-23(15-17-29)28-26(22-10-3-2-4-11-22)24-12-5-6-13-25(24)27/h2-13,18,26H,14-17,19,27H2,1H3. The summed E-state index contributed by atoms with van der Waals surface area (Å²) < 4.78 is 0. The summed E-state index contributed by atoms with van der Waals surface area (Å²) in [7, 11) is 0. The third kappa shape index (κ3) is 4.93. The van der Waals surface area contributed by atoms with E-state index < -0.39 is 0 Å². The zero-order chi connectivity index (χ0) is 20.1. The average Bonchev–Trinajstić information content (AvgIpc) is 2.75. The van der Waals surface area contributed by atoms with Crippen LogP contribution in [0.15, 0.2) is 83.9 Å². The molecule has 1 fully saturated rings. The van der Waals surface area contributed by atoms with E-state index in [9.17, 15) is 0 Å². The summed E-state index contributed by atoms with van der Waals surface area (Å²) in [5, 5.41) is 0. The lowest BCUT2D eigenvalue weighted by atomic mass is 9.97. The van der Waals surface area contributed by atoms with Crippen molar-refractivity contribution >= 4 is 11.4 Å². The lowest BCUT2D eigenvalue weighted by molar-refractivity contribution is 0.266. The first kappa shape index (κ1) is 19.4. The molecule has 3 nitrogen and oxygen atoms in total. The van der Waals surface area contributed by atoms with E-state index in [1.807, 2.05) is 24.3 Å². The van der Waals surface area contributed by atoms with Crippen LogP contribution < -0.4 is 5.73 Å². The Morgan fingerprint density at radius 2 is 1.62 bits per heavy atom. The van der Waals surface area contributed by atoms with Crippen molar-refractivity contribution < 1.29 is 0 Å². The normalized spacial score (nSPS) is 15.8. The maximum atomic E-state index is 6.31. The third-order valence-corrected chi connectivity index (χ3v) is 5.64. The number of hydrogen-bond donors (Lipinski definition) is 1. The molecule has 1 aliphatic heterocycles. The monoisotopic (exact) mass is 383 g/mol. The van der Waals surface area contributed by atoms with Gasteiger partial charge in [-0.05, 0) is 37.0 Å². The number of nitrogen functional groups attached to an aromatic ring is 1. The fourth-order valence-corrected chi connectivity index (χ4v) is 4.07. The van der Waals surface area contributed by atoms with Crippen molar-refractivity contribution in [3.63, 3.8) is 0 Å². The van der Waals surface area contributed by atoms with E-state index in [1.165, 1.54) is 22.4 Å². The highest BCUT2D eigenvalue weighted by molar-refractivity contribution is 5.86. The lowest BCUT2D eigenvalue weighted by Gasteiger charge is -2.29. The van der Waals surface area contributed by atoms with Crippen molar-refractivity contribution in [2.45, 2.75) is 32.4 Å². The number of piperidine rings is 1. The van der Waals surface area contributed by atoms with Crippen molar-refractivity contribution in [2.24, 2.45) is 4.99 Å². The van der Waals surface area contributed by atoms with Crippen LogP contribution in [0.4, 0.5) is 5.69 Å². The molecule has 0 aliphatic carbocycles. The number of benzene rings is 3. The fourth-order valence-electron chi connectivity index (χ4n) is 4.07. The van der Waals surface area contributed by atoms with Gasteiger partial charge < -0.3 is 5.73 Å². The number of hydrogen-bond acceptors (Lipinski definition) is 3. The SMILES string of the molecule is Cc1cccc(CN2CCC(=NC(c3ccccc3)c3ccccc3N)CC2)c1. The van der Waals surface area contributed by atoms with Crippen LogP contribution in [-0.2, 0) is 6.54 Å². The largest absolute Gasteiger partial charge is 0.398 e. The zero-order valence-electron chi connectivity index (χ0n) is 17.1. The molecule has 0 radical (unpaired) electrons. The molecule has 148 valence electrons. The molecule has 3 aromatic rings. The molecule has 1 unspecified atom stereocenters. The van der Waals surface area contributed by atoms with Gasteiger partial charge in [0.05, 0.1) is 0 Å². The van der Waals surface area contributed by atoms with E-state index >= 15 is 0 Å². The maximum absolute atomic E-state index is 6.31. The Morgan fingerprint density at radius 1 is 0.897 bits per heavy atom. The predicted octanol–water partition coefficient (Wildman–Crippen LogP) is 5.40. The van der Waals surface area contributed by atoms with Gasteiger partial charge in [0.25, 0.3) is 0 Å². The molecule has 0 aromatic heterocycles. The number of nitrogens with two attached hydrogens (primary N) is 1. The van der Waals surface area contributed by atoms with E-state index in [4.69, 9.17) is 10.7 Å². The van der Waals surface area contributed by atoms with Gasteiger partial charge in [0.15, 0.2) is 0 Å². The van der Waals surface area contributed by atoms with Gasteiger partial charge in [-0.15, -0.1) is 0 Å². The van der Waals surface area contributed by atoms with Gasteiger partial charge in [0.1, 0.15) is 6.04 Å². The first-order chi connectivity index (χ1) is 14.2. The minimum Gasteiger partial charge on any atom is -0.398 e. The molecule has 3 aromatic carbocycles. The van der Waals surface area contributed by atoms with E-state index in [0.717, 1.165) is 43.7 Å². The fraction of sp³-hybridized carbons (Fsp3) is 0.269. The molecule has 0 bridgehead atoms. The topological polar surface area (TPSA) is 41.6 Å². The van der Waals surface area contributed by atoms with Crippen LogP contribution in [-0.4, -0.2) is 23.7 Å². The highest BCUT2D eigenvalue weighted by atomic mass is 15.1. The Kier molecular flexibility index (Phi) is 6.06. The van der Waals surface area contributed by atoms with Crippen molar-refractivity contribution in [2.75, 3.05) is 18.8 Å². The van der Waals surface area contributed by atoms with Crippen LogP contribution >= 0.6 is 0 Å². The summed E-state index contributed by atoms with van der Waals surface area (Å²) >= 11 is 0. The number of rotatable bonds is 5. The lowest BCUT2D eigenvalue weighted by Crippen LogP contribution is -2.33. The second-order valence-electron chi connectivity index (χ2n) is 7.90. The van der Waals surface area contributed by atoms with E-state index in [2.05, 4.69) is 66.4 Å². The van der Waals surface area contributed by atoms with Crippen molar-refractivity contribution in [3.8, 4) is 0 Å². The summed E-state index contributed by atoms with van der Waals surface area (Å²) in [6, 6.07) is 27.4. The number of para-hydroxylation sites is 1. The number of aliphatic imine (C=N–C) groups is 1. The van der Waals surface area contributed by atoms with Crippen molar-refractivity contribution in [3.05, 3.63) is 101 Å². The van der Waals surface area contributed by atoms with Gasteiger partial charge in [-0.3, -0.25) is 9.89 Å². The summed E-state index contributed by atoms with van der Waals surface area (Å²) in [4.78, 5) is 7.73. The van der Waals surface area contributed by atoms with Crippen LogP contribution in [0.2, 0.25) is 0 Å². The van der Waals surface area contributed by atoms with Crippen LogP contribution in [0, 0.1) is 6.92 Å². The smallest absolute Gasteiger partial charge is 0.102 e. The molecule has 1 saturated heterocycles. The summed E-state index contributed by atoms with van der Waals surface area (Å²) in [5.74, 6) is 0. The van der Waals surface area contributed by atoms with Crippen LogP contribution in [0.1, 0.15) is 41.1 Å². The van der Waals surface area contributed by atoms with Gasteiger partial charge in [-0.25, -0.2) is 0 Å². The number of nitrogens with zero attached hydrogens (tertiary/aromatic N) is 2. The Labute approximate surface area is 173 Å². The highest BCUT2D eigenvalue weighted by Crippen LogP contribution is 2.31. The Bertz CT molecular complexity index is 968. The quantitative estimate of drug-likeness (QED) is 0.599. The number of likely N-dealkylation sites (tertiary alicyclic amines) is 1. The Hall–Kier alpha value is -2.91. The molecular weight excluding hydrogens is 354 g/mol. The van der Waals surface area contributed by atoms with Crippen molar-refractivity contribution in [1.82, 2.24) is 4.90 Å². The predicted molar refractivity (Wildman–Crippen MR) is 122 cm³/mol. The molecule has 4 rings (SSSR count). The zero-order valence-corrected chi connectivity index (χ0v) is 17.1. The Balaban J connectivity index is 1.50. The minimum atomic E-state index is -0.0317. The molecule has 29 heavy (non-hydrogen) atoms. The minimum absolute atomic E-state index is 0.0317. The van der Waals surface area contributed by atoms with E-state index in [-0.39, 0.29) is 6.04 Å². The summed E-state index contributed by atoms with van der Waals surface area (Å²) in [6.07, 6.45) is 2.03. The second kappa shape index (κ2) is 9.06. The van der Waals surface area contributed by atoms with E-state index in [1.54, 1.807) is 0 Å². The molecule has 3 heteroatoms. The molecule has 1 atom stereocenters. The van der Waals surface area contributed by atoms with Crippen LogP contribution in [0.3, 0.4) is 0 Å². The maximum Gasteiger partial charge on any atom is 0.102 e. The van der Waals surface area contributed by atoms with Crippen molar-refractivity contribution in [1.29, 1.82) is 0 Å². The molecule has 1 aliphatic rings. The van der Waals surface area contributed by atoms with Gasteiger partial charge in [0.2, 0.25) is 0 Å². The summed E-state index contributed by atoms with van der Waals surface area (Å²) in [5.41, 5.74) is 13.4. The molecule has 0 saturated carbocycles. The third-order valence-electron chi connectivity index (χ3n) is 5.64. The van der Waals surface area contributed by atoms with Crippen LogP contribution in [0.5, 0.6) is 0 Å².